The molecule has 0 aliphatic carbocycles. The Morgan fingerprint density at radius 2 is 1.73 bits per heavy atom. The molecule has 2 aromatic heterocycles. The average Bonchev–Trinajstić information content (AvgIpc) is 3.68. The number of nitrogens with zero attached hydrogens (tertiary/aromatic N) is 3. The zero-order valence-corrected chi connectivity index (χ0v) is 25.3. The molecule has 0 radical (unpaired) electrons. The molecule has 3 N–H and O–H groups in total. The lowest BCUT2D eigenvalue weighted by molar-refractivity contribution is 0.0651. The maximum atomic E-state index is 10.5. The van der Waals surface area contributed by atoms with Crippen LogP contribution in [0.5, 0.6) is 0 Å². The summed E-state index contributed by atoms with van der Waals surface area (Å²) in [4.78, 5) is 26.8. The highest BCUT2D eigenvalue weighted by atomic mass is 35.5. The summed E-state index contributed by atoms with van der Waals surface area (Å²) in [6.45, 7) is 5.32. The summed E-state index contributed by atoms with van der Waals surface area (Å²) in [5, 5.41) is 23.7. The Kier molecular flexibility index (Phi) is 9.94. The third-order valence-electron chi connectivity index (χ3n) is 7.74. The first kappa shape index (κ1) is 30.8. The standard InChI is InChI=1S/C27H29ClN4.C8H6O4/c1-2-4-20-5-3-6-24(15-20)32-19-21(17-30-32)9-12-31-13-10-22(11-14-31)26-18-29-27-8-7-23(28)16-25(26)27;9-7(10)5-3-1-2-4-6(5)8(11)12/h3,5-8,10,15-19,29H,2,4,9,11-14H2,1H3;1-4H,(H,9,10)(H,11,12). The fourth-order valence-corrected chi connectivity index (χ4v) is 5.61. The molecule has 3 heterocycles. The summed E-state index contributed by atoms with van der Waals surface area (Å²) in [5.74, 6) is -2.46. The van der Waals surface area contributed by atoms with Gasteiger partial charge in [0.15, 0.2) is 0 Å². The Hall–Kier alpha value is -4.66. The number of H-pyrrole nitrogens is 1. The number of hydrogen-bond acceptors (Lipinski definition) is 4. The number of fused-ring (bicyclic) bond motifs is 1. The van der Waals surface area contributed by atoms with Crippen molar-refractivity contribution in [3.63, 3.8) is 0 Å². The van der Waals surface area contributed by atoms with Gasteiger partial charge in [-0.2, -0.15) is 5.10 Å². The molecule has 0 bridgehead atoms. The molecule has 3 aromatic carbocycles. The number of halogens is 1. The number of benzene rings is 3. The quantitative estimate of drug-likeness (QED) is 0.161. The minimum Gasteiger partial charge on any atom is -0.478 e. The van der Waals surface area contributed by atoms with Gasteiger partial charge in [-0.15, -0.1) is 0 Å². The van der Waals surface area contributed by atoms with Gasteiger partial charge in [0.25, 0.3) is 0 Å². The Bertz CT molecular complexity index is 1770. The van der Waals surface area contributed by atoms with Crippen molar-refractivity contribution < 1.29 is 19.8 Å². The summed E-state index contributed by atoms with van der Waals surface area (Å²) >= 11 is 6.22. The van der Waals surface area contributed by atoms with Crippen LogP contribution in [-0.4, -0.2) is 61.5 Å². The topological polar surface area (TPSA) is 111 Å². The SMILES string of the molecule is CCCc1cccc(-n2cc(CCN3CC=C(c4c[nH]c5ccc(Cl)cc45)CC3)cn2)c1.O=C(O)c1ccccc1C(=O)O. The molecule has 6 rings (SSSR count). The van der Waals surface area contributed by atoms with E-state index in [0.717, 1.165) is 61.5 Å². The number of aromatic amines is 1. The number of carboxylic acids is 2. The number of hydrogen-bond donors (Lipinski definition) is 3. The van der Waals surface area contributed by atoms with Crippen LogP contribution in [0.2, 0.25) is 5.02 Å². The molecular weight excluding hydrogens is 576 g/mol. The first-order valence-electron chi connectivity index (χ1n) is 14.7. The maximum absolute atomic E-state index is 10.5. The highest BCUT2D eigenvalue weighted by Crippen LogP contribution is 2.31. The third-order valence-corrected chi connectivity index (χ3v) is 7.97. The van der Waals surface area contributed by atoms with E-state index in [9.17, 15) is 9.59 Å². The summed E-state index contributed by atoms with van der Waals surface area (Å²) in [6, 6.07) is 20.2. The lowest BCUT2D eigenvalue weighted by Crippen LogP contribution is -2.30. The molecule has 0 unspecified atom stereocenters. The van der Waals surface area contributed by atoms with Crippen molar-refractivity contribution in [2.24, 2.45) is 0 Å². The van der Waals surface area contributed by atoms with Crippen molar-refractivity contribution in [2.75, 3.05) is 19.6 Å². The van der Waals surface area contributed by atoms with Crippen LogP contribution in [0, 0.1) is 0 Å². The molecule has 1 aliphatic rings. The highest BCUT2D eigenvalue weighted by Gasteiger charge is 2.16. The van der Waals surface area contributed by atoms with E-state index in [1.807, 2.05) is 16.9 Å². The predicted molar refractivity (Wildman–Crippen MR) is 174 cm³/mol. The number of carboxylic acid groups (broad SMARTS) is 2. The molecule has 1 aliphatic heterocycles. The second-order valence-electron chi connectivity index (χ2n) is 10.8. The van der Waals surface area contributed by atoms with Crippen molar-refractivity contribution >= 4 is 40.0 Å². The van der Waals surface area contributed by atoms with E-state index in [4.69, 9.17) is 21.8 Å². The smallest absolute Gasteiger partial charge is 0.336 e. The number of aromatic carboxylic acids is 2. The van der Waals surface area contributed by atoms with Gasteiger partial charge in [0.1, 0.15) is 0 Å². The van der Waals surface area contributed by atoms with E-state index in [1.54, 1.807) is 0 Å². The van der Waals surface area contributed by atoms with Crippen molar-refractivity contribution in [2.45, 2.75) is 32.6 Å². The third kappa shape index (κ3) is 7.45. The van der Waals surface area contributed by atoms with Gasteiger partial charge in [0.05, 0.1) is 23.0 Å². The summed E-state index contributed by atoms with van der Waals surface area (Å²) in [7, 11) is 0. The molecule has 9 heteroatoms. The summed E-state index contributed by atoms with van der Waals surface area (Å²) in [6.07, 6.45) is 13.0. The van der Waals surface area contributed by atoms with E-state index in [-0.39, 0.29) is 11.1 Å². The molecule has 0 amide bonds. The van der Waals surface area contributed by atoms with Gasteiger partial charge >= 0.3 is 11.9 Å². The fourth-order valence-electron chi connectivity index (χ4n) is 5.43. The molecule has 44 heavy (non-hydrogen) atoms. The normalized spacial score (nSPS) is 13.3. The van der Waals surface area contributed by atoms with Crippen LogP contribution in [0.4, 0.5) is 0 Å². The van der Waals surface area contributed by atoms with Crippen molar-refractivity contribution in [3.05, 3.63) is 124 Å². The first-order valence-corrected chi connectivity index (χ1v) is 15.1. The van der Waals surface area contributed by atoms with Gasteiger partial charge in [-0.05, 0) is 78.4 Å². The molecule has 0 spiro atoms. The zero-order valence-electron chi connectivity index (χ0n) is 24.5. The molecule has 8 nitrogen and oxygen atoms in total. The van der Waals surface area contributed by atoms with Crippen molar-refractivity contribution in [3.8, 4) is 5.69 Å². The van der Waals surface area contributed by atoms with Crippen LogP contribution in [-0.2, 0) is 12.8 Å². The van der Waals surface area contributed by atoms with E-state index >= 15 is 0 Å². The van der Waals surface area contributed by atoms with Crippen LogP contribution in [0.15, 0.2) is 91.4 Å². The van der Waals surface area contributed by atoms with Crippen LogP contribution in [0.3, 0.4) is 0 Å². The van der Waals surface area contributed by atoms with E-state index in [0.29, 0.717) is 0 Å². The van der Waals surface area contributed by atoms with E-state index in [2.05, 4.69) is 76.8 Å². The van der Waals surface area contributed by atoms with Crippen molar-refractivity contribution in [1.29, 1.82) is 0 Å². The zero-order chi connectivity index (χ0) is 31.1. The molecule has 0 fully saturated rings. The number of rotatable bonds is 9. The number of aromatic nitrogens is 3. The first-order chi connectivity index (χ1) is 21.3. The van der Waals surface area contributed by atoms with Crippen molar-refractivity contribution in [1.82, 2.24) is 19.7 Å². The molecule has 0 saturated carbocycles. The molecule has 0 saturated heterocycles. The lowest BCUT2D eigenvalue weighted by atomic mass is 9.99. The van der Waals surface area contributed by atoms with E-state index in [1.165, 1.54) is 51.9 Å². The Morgan fingerprint density at radius 3 is 2.41 bits per heavy atom. The van der Waals surface area contributed by atoms with Gasteiger partial charge in [-0.1, -0.05) is 55.3 Å². The van der Waals surface area contributed by atoms with Gasteiger partial charge in [0, 0.05) is 53.5 Å². The van der Waals surface area contributed by atoms with Gasteiger partial charge in [-0.3, -0.25) is 4.90 Å². The fraction of sp³-hybridized carbons (Fsp3) is 0.229. The Balaban J connectivity index is 0.000000270. The molecule has 226 valence electrons. The lowest BCUT2D eigenvalue weighted by Gasteiger charge is -2.26. The predicted octanol–water partition coefficient (Wildman–Crippen LogP) is 7.37. The largest absolute Gasteiger partial charge is 0.478 e. The number of aryl methyl sites for hydroxylation is 1. The van der Waals surface area contributed by atoms with Crippen LogP contribution < -0.4 is 0 Å². The minimum absolute atomic E-state index is 0.190. The monoisotopic (exact) mass is 610 g/mol. The van der Waals surface area contributed by atoms with Gasteiger partial charge in [0.2, 0.25) is 0 Å². The van der Waals surface area contributed by atoms with Crippen LogP contribution in [0.25, 0.3) is 22.2 Å². The Morgan fingerprint density at radius 1 is 0.955 bits per heavy atom. The second-order valence-corrected chi connectivity index (χ2v) is 11.2. The summed E-state index contributed by atoms with van der Waals surface area (Å²) in [5.41, 5.74) is 7.26. The number of carbonyl (C=O) groups is 2. The van der Waals surface area contributed by atoms with E-state index < -0.39 is 11.9 Å². The molecular formula is C35H35ClN4O4. The van der Waals surface area contributed by atoms with Gasteiger partial charge < -0.3 is 15.2 Å². The summed E-state index contributed by atoms with van der Waals surface area (Å²) < 4.78 is 2.00. The average molecular weight is 611 g/mol. The maximum Gasteiger partial charge on any atom is 0.336 e. The Labute approximate surface area is 261 Å². The molecule has 5 aromatic rings. The number of nitrogens with one attached hydrogen (secondary N) is 1. The molecule has 0 atom stereocenters. The minimum atomic E-state index is -1.23. The van der Waals surface area contributed by atoms with Gasteiger partial charge in [-0.25, -0.2) is 14.3 Å². The highest BCUT2D eigenvalue weighted by molar-refractivity contribution is 6.31. The van der Waals surface area contributed by atoms with Crippen LogP contribution in [0.1, 0.15) is 57.2 Å². The second kappa shape index (κ2) is 14.2. The van der Waals surface area contributed by atoms with Crippen LogP contribution >= 0.6 is 11.6 Å².